The fourth-order valence-electron chi connectivity index (χ4n) is 2.74. The number of carbonyl (C=O) groups is 1. The number of rotatable bonds is 3. The van der Waals surface area contributed by atoms with E-state index in [4.69, 9.17) is 4.74 Å². The van der Waals surface area contributed by atoms with Gasteiger partial charge in [0.1, 0.15) is 11.7 Å². The zero-order valence-electron chi connectivity index (χ0n) is 15.9. The number of anilines is 1. The van der Waals surface area contributed by atoms with Crippen molar-refractivity contribution in [1.29, 1.82) is 5.26 Å². The summed E-state index contributed by atoms with van der Waals surface area (Å²) in [6.45, 7) is 12.2. The van der Waals surface area contributed by atoms with Crippen molar-refractivity contribution >= 4 is 11.9 Å². The molecule has 7 heteroatoms. The number of hydrazine groups is 1. The van der Waals surface area contributed by atoms with Crippen LogP contribution in [0.4, 0.5) is 10.6 Å². The minimum absolute atomic E-state index is 0.0990. The van der Waals surface area contributed by atoms with Gasteiger partial charge in [0.15, 0.2) is 5.82 Å². The number of fused-ring (bicyclic) bond motifs is 1. The molecule has 0 saturated heterocycles. The summed E-state index contributed by atoms with van der Waals surface area (Å²) < 4.78 is 5.38. The predicted molar refractivity (Wildman–Crippen MR) is 94.9 cm³/mol. The molecule has 0 bridgehead atoms. The Morgan fingerprint density at radius 3 is 2.48 bits per heavy atom. The minimum atomic E-state index is -0.594. The number of aromatic nitrogens is 2. The Morgan fingerprint density at radius 1 is 1.24 bits per heavy atom. The normalized spacial score (nSPS) is 13.8. The van der Waals surface area contributed by atoms with Crippen LogP contribution in [0.5, 0.6) is 0 Å². The molecular formula is C18H27N5O2. The zero-order chi connectivity index (χ0) is 18.8. The number of hydrogen-bond acceptors (Lipinski definition) is 6. The average Bonchev–Trinajstić information content (AvgIpc) is 2.89. The van der Waals surface area contributed by atoms with Gasteiger partial charge in [0.05, 0.1) is 5.69 Å². The molecule has 136 valence electrons. The number of amides is 1. The molecule has 1 aliphatic rings. The van der Waals surface area contributed by atoms with Gasteiger partial charge in [0.2, 0.25) is 5.82 Å². The third-order valence-corrected chi connectivity index (χ3v) is 3.52. The van der Waals surface area contributed by atoms with E-state index in [2.05, 4.69) is 36.2 Å². The summed E-state index contributed by atoms with van der Waals surface area (Å²) >= 11 is 0. The maximum atomic E-state index is 12.3. The monoisotopic (exact) mass is 345 g/mol. The largest absolute Gasteiger partial charge is 0.443 e. The minimum Gasteiger partial charge on any atom is -0.443 e. The Labute approximate surface area is 149 Å². The first-order valence-corrected chi connectivity index (χ1v) is 8.55. The van der Waals surface area contributed by atoms with E-state index in [9.17, 15) is 10.1 Å². The first-order valence-electron chi connectivity index (χ1n) is 8.55. The summed E-state index contributed by atoms with van der Waals surface area (Å²) in [7, 11) is 0. The lowest BCUT2D eigenvalue weighted by molar-refractivity contribution is 0.0516. The number of aryl methyl sites for hydroxylation is 1. The van der Waals surface area contributed by atoms with Gasteiger partial charge in [-0.1, -0.05) is 20.8 Å². The van der Waals surface area contributed by atoms with Gasteiger partial charge in [-0.15, -0.1) is 0 Å². The van der Waals surface area contributed by atoms with Crippen LogP contribution in [0.15, 0.2) is 0 Å². The van der Waals surface area contributed by atoms with Gasteiger partial charge in [-0.3, -0.25) is 5.01 Å². The fraction of sp³-hybridized carbons (Fsp3) is 0.667. The standard InChI is InChI=1S/C18H27N5O2/c1-17(2,3)11-23(22-16(24)25-18(4,5)6)15-12-8-7-9-13(12)20-14(10-19)21-15/h7-9,11H2,1-6H3,(H,22,24). The predicted octanol–water partition coefficient (Wildman–Crippen LogP) is 3.13. The molecule has 1 amide bonds. The highest BCUT2D eigenvalue weighted by molar-refractivity contribution is 5.71. The van der Waals surface area contributed by atoms with Crippen molar-refractivity contribution < 1.29 is 9.53 Å². The summed E-state index contributed by atoms with van der Waals surface area (Å²) in [6, 6.07) is 2.01. The zero-order valence-corrected chi connectivity index (χ0v) is 15.9. The first-order chi connectivity index (χ1) is 11.5. The van der Waals surface area contributed by atoms with E-state index in [1.54, 1.807) is 5.01 Å². The van der Waals surface area contributed by atoms with Crippen LogP contribution in [0, 0.1) is 16.7 Å². The summed E-state index contributed by atoms with van der Waals surface area (Å²) in [6.07, 6.45) is 2.10. The SMILES string of the molecule is CC(C)(C)CN(NC(=O)OC(C)(C)C)c1nc(C#N)nc2c1CCC2. The quantitative estimate of drug-likeness (QED) is 0.846. The van der Waals surface area contributed by atoms with Crippen molar-refractivity contribution in [3.63, 3.8) is 0 Å². The van der Waals surface area contributed by atoms with Crippen LogP contribution < -0.4 is 10.4 Å². The van der Waals surface area contributed by atoms with Crippen LogP contribution in [0.1, 0.15) is 65.0 Å². The lowest BCUT2D eigenvalue weighted by atomic mass is 9.96. The van der Waals surface area contributed by atoms with Crippen LogP contribution in [-0.2, 0) is 17.6 Å². The molecule has 1 aromatic heterocycles. The van der Waals surface area contributed by atoms with Gasteiger partial charge in [0.25, 0.3) is 0 Å². The van der Waals surface area contributed by atoms with Gasteiger partial charge in [-0.25, -0.2) is 15.2 Å². The molecule has 0 radical (unpaired) electrons. The number of ether oxygens (including phenoxy) is 1. The van der Waals surface area contributed by atoms with Crippen LogP contribution >= 0.6 is 0 Å². The second-order valence-electron chi connectivity index (χ2n) is 8.52. The van der Waals surface area contributed by atoms with E-state index < -0.39 is 11.7 Å². The maximum absolute atomic E-state index is 12.3. The second kappa shape index (κ2) is 6.87. The Balaban J connectivity index is 2.38. The molecule has 1 heterocycles. The van der Waals surface area contributed by atoms with E-state index in [0.717, 1.165) is 30.5 Å². The molecule has 0 saturated carbocycles. The number of nitriles is 1. The van der Waals surface area contributed by atoms with Gasteiger partial charge >= 0.3 is 6.09 Å². The lowest BCUT2D eigenvalue weighted by Crippen LogP contribution is -2.49. The van der Waals surface area contributed by atoms with E-state index >= 15 is 0 Å². The van der Waals surface area contributed by atoms with Gasteiger partial charge in [-0.05, 0) is 45.4 Å². The van der Waals surface area contributed by atoms with Crippen molar-refractivity contribution in [3.8, 4) is 6.07 Å². The fourth-order valence-corrected chi connectivity index (χ4v) is 2.74. The molecule has 0 unspecified atom stereocenters. The number of nitrogens with zero attached hydrogens (tertiary/aromatic N) is 4. The molecule has 0 aliphatic heterocycles. The van der Waals surface area contributed by atoms with Crippen LogP contribution in [0.25, 0.3) is 0 Å². The van der Waals surface area contributed by atoms with Crippen LogP contribution in [0.2, 0.25) is 0 Å². The molecule has 0 aromatic carbocycles. The molecule has 1 aliphatic carbocycles. The van der Waals surface area contributed by atoms with E-state index in [0.29, 0.717) is 12.4 Å². The Kier molecular flexibility index (Phi) is 5.21. The molecule has 2 rings (SSSR count). The van der Waals surface area contributed by atoms with E-state index in [1.165, 1.54) is 0 Å². The van der Waals surface area contributed by atoms with Crippen LogP contribution in [0.3, 0.4) is 0 Å². The van der Waals surface area contributed by atoms with Gasteiger partial charge in [0, 0.05) is 12.1 Å². The smallest absolute Gasteiger partial charge is 0.426 e. The Morgan fingerprint density at radius 2 is 1.92 bits per heavy atom. The average molecular weight is 345 g/mol. The molecule has 0 fully saturated rings. The number of hydrogen-bond donors (Lipinski definition) is 1. The molecule has 0 atom stereocenters. The molecule has 1 N–H and O–H groups in total. The summed E-state index contributed by atoms with van der Waals surface area (Å²) in [5, 5.41) is 10.9. The summed E-state index contributed by atoms with van der Waals surface area (Å²) in [4.78, 5) is 21.0. The van der Waals surface area contributed by atoms with E-state index in [1.807, 2.05) is 26.8 Å². The van der Waals surface area contributed by atoms with Crippen molar-refractivity contribution in [2.75, 3.05) is 11.6 Å². The van der Waals surface area contributed by atoms with Crippen molar-refractivity contribution in [2.24, 2.45) is 5.41 Å². The van der Waals surface area contributed by atoms with E-state index in [-0.39, 0.29) is 11.2 Å². The summed E-state index contributed by atoms with van der Waals surface area (Å²) in [5.74, 6) is 0.723. The van der Waals surface area contributed by atoms with Gasteiger partial charge in [-0.2, -0.15) is 10.2 Å². The lowest BCUT2D eigenvalue weighted by Gasteiger charge is -2.32. The first kappa shape index (κ1) is 19.0. The molecule has 1 aromatic rings. The van der Waals surface area contributed by atoms with Crippen molar-refractivity contribution in [1.82, 2.24) is 15.4 Å². The van der Waals surface area contributed by atoms with Crippen molar-refractivity contribution in [3.05, 3.63) is 17.1 Å². The highest BCUT2D eigenvalue weighted by Gasteiger charge is 2.28. The molecule has 7 nitrogen and oxygen atoms in total. The highest BCUT2D eigenvalue weighted by atomic mass is 16.6. The van der Waals surface area contributed by atoms with Gasteiger partial charge < -0.3 is 4.74 Å². The topological polar surface area (TPSA) is 91.1 Å². The molecule has 0 spiro atoms. The highest BCUT2D eigenvalue weighted by Crippen LogP contribution is 2.30. The second-order valence-corrected chi connectivity index (χ2v) is 8.52. The molecule has 25 heavy (non-hydrogen) atoms. The number of carbonyl (C=O) groups excluding carboxylic acids is 1. The van der Waals surface area contributed by atoms with Crippen molar-refractivity contribution in [2.45, 2.75) is 66.4 Å². The maximum Gasteiger partial charge on any atom is 0.426 e. The van der Waals surface area contributed by atoms with Crippen LogP contribution in [-0.4, -0.2) is 28.2 Å². The number of nitrogens with one attached hydrogen (secondary N) is 1. The Bertz CT molecular complexity index is 695. The Hall–Kier alpha value is -2.36. The summed E-state index contributed by atoms with van der Waals surface area (Å²) in [5.41, 5.74) is 4.00. The molecular weight excluding hydrogens is 318 g/mol. The third-order valence-electron chi connectivity index (χ3n) is 3.52. The third kappa shape index (κ3) is 5.31.